The number of H-pyrrole nitrogens is 1. The van der Waals surface area contributed by atoms with E-state index in [2.05, 4.69) is 45.4 Å². The van der Waals surface area contributed by atoms with Crippen LogP contribution in [0.1, 0.15) is 12.8 Å². The Labute approximate surface area is 150 Å². The molecule has 4 heterocycles. The molecule has 0 radical (unpaired) electrons. The van der Waals surface area contributed by atoms with Crippen LogP contribution in [-0.2, 0) is 4.74 Å². The van der Waals surface area contributed by atoms with E-state index in [0.29, 0.717) is 6.04 Å². The van der Waals surface area contributed by atoms with Crippen LogP contribution in [0.5, 0.6) is 0 Å². The standard InChI is InChI=1S/C19H20N6O/c1-24(15-6-9-26-10-7-15)19-18(25-17(22-19)3-2-8-21-25)13-4-5-14-12-20-23-16(14)11-13/h2-5,8,11-12,15H,6-7,9-10H2,1H3,(H,20,23). The first-order valence-corrected chi connectivity index (χ1v) is 8.89. The number of imidazole rings is 1. The molecule has 0 amide bonds. The summed E-state index contributed by atoms with van der Waals surface area (Å²) in [5.74, 6) is 0.953. The number of nitrogens with one attached hydrogen (secondary N) is 1. The molecule has 7 heteroatoms. The normalized spacial score (nSPS) is 15.7. The van der Waals surface area contributed by atoms with E-state index < -0.39 is 0 Å². The fourth-order valence-electron chi connectivity index (χ4n) is 3.70. The van der Waals surface area contributed by atoms with Crippen LogP contribution in [-0.4, -0.2) is 51.1 Å². The lowest BCUT2D eigenvalue weighted by molar-refractivity contribution is 0.0854. The van der Waals surface area contributed by atoms with Crippen LogP contribution in [0.2, 0.25) is 0 Å². The highest BCUT2D eigenvalue weighted by Gasteiger charge is 2.25. The largest absolute Gasteiger partial charge is 0.381 e. The van der Waals surface area contributed by atoms with Gasteiger partial charge in [0, 0.05) is 43.4 Å². The molecule has 0 saturated carbocycles. The number of aromatic amines is 1. The first kappa shape index (κ1) is 15.3. The molecular formula is C19H20N6O. The van der Waals surface area contributed by atoms with Gasteiger partial charge in [-0.25, -0.2) is 9.50 Å². The quantitative estimate of drug-likeness (QED) is 0.616. The van der Waals surface area contributed by atoms with E-state index in [0.717, 1.165) is 59.7 Å². The van der Waals surface area contributed by atoms with Crippen molar-refractivity contribution in [2.24, 2.45) is 0 Å². The predicted molar refractivity (Wildman–Crippen MR) is 100 cm³/mol. The van der Waals surface area contributed by atoms with Gasteiger partial charge in [0.15, 0.2) is 11.5 Å². The van der Waals surface area contributed by atoms with Crippen LogP contribution >= 0.6 is 0 Å². The average molecular weight is 348 g/mol. The van der Waals surface area contributed by atoms with Crippen molar-refractivity contribution in [1.82, 2.24) is 24.8 Å². The fourth-order valence-corrected chi connectivity index (χ4v) is 3.70. The van der Waals surface area contributed by atoms with E-state index in [1.54, 1.807) is 6.20 Å². The van der Waals surface area contributed by atoms with E-state index in [1.165, 1.54) is 0 Å². The van der Waals surface area contributed by atoms with E-state index in [9.17, 15) is 0 Å². The molecule has 0 unspecified atom stereocenters. The van der Waals surface area contributed by atoms with Gasteiger partial charge in [-0.2, -0.15) is 10.2 Å². The summed E-state index contributed by atoms with van der Waals surface area (Å²) < 4.78 is 7.44. The molecule has 1 N–H and O–H groups in total. The van der Waals surface area contributed by atoms with Gasteiger partial charge in [0.05, 0.1) is 11.7 Å². The Hall–Kier alpha value is -2.93. The molecule has 1 aromatic carbocycles. The second kappa shape index (κ2) is 6.10. The Morgan fingerprint density at radius 3 is 3.00 bits per heavy atom. The van der Waals surface area contributed by atoms with Crippen LogP contribution < -0.4 is 4.90 Å². The van der Waals surface area contributed by atoms with Crippen molar-refractivity contribution >= 4 is 22.4 Å². The summed E-state index contributed by atoms with van der Waals surface area (Å²) in [5.41, 5.74) is 3.93. The van der Waals surface area contributed by atoms with Gasteiger partial charge in [-0.05, 0) is 31.0 Å². The Bertz CT molecular complexity index is 1060. The van der Waals surface area contributed by atoms with Crippen LogP contribution in [0.4, 0.5) is 5.82 Å². The molecule has 3 aromatic heterocycles. The van der Waals surface area contributed by atoms with Crippen molar-refractivity contribution in [3.63, 3.8) is 0 Å². The number of hydrogen-bond donors (Lipinski definition) is 1. The molecule has 1 aliphatic rings. The second-order valence-corrected chi connectivity index (χ2v) is 6.70. The first-order valence-electron chi connectivity index (χ1n) is 8.89. The van der Waals surface area contributed by atoms with Crippen molar-refractivity contribution in [3.8, 4) is 11.3 Å². The van der Waals surface area contributed by atoms with Gasteiger partial charge < -0.3 is 9.64 Å². The number of aromatic nitrogens is 5. The van der Waals surface area contributed by atoms with E-state index >= 15 is 0 Å². The smallest absolute Gasteiger partial charge is 0.157 e. The molecule has 0 atom stereocenters. The van der Waals surface area contributed by atoms with Gasteiger partial charge in [-0.15, -0.1) is 0 Å². The summed E-state index contributed by atoms with van der Waals surface area (Å²) in [6.07, 6.45) is 5.65. The third kappa shape index (κ3) is 2.43. The van der Waals surface area contributed by atoms with Crippen molar-refractivity contribution in [3.05, 3.63) is 42.7 Å². The molecule has 1 fully saturated rings. The van der Waals surface area contributed by atoms with Gasteiger partial charge in [0.2, 0.25) is 0 Å². The first-order chi connectivity index (χ1) is 12.8. The highest BCUT2D eigenvalue weighted by Crippen LogP contribution is 2.34. The van der Waals surface area contributed by atoms with Gasteiger partial charge in [0.25, 0.3) is 0 Å². The maximum Gasteiger partial charge on any atom is 0.157 e. The summed E-state index contributed by atoms with van der Waals surface area (Å²) in [5, 5.41) is 12.8. The third-order valence-corrected chi connectivity index (χ3v) is 5.16. The van der Waals surface area contributed by atoms with Crippen molar-refractivity contribution in [2.75, 3.05) is 25.2 Å². The molecular weight excluding hydrogens is 328 g/mol. The Kier molecular flexibility index (Phi) is 3.60. The van der Waals surface area contributed by atoms with Gasteiger partial charge in [-0.3, -0.25) is 5.10 Å². The number of benzene rings is 1. The number of rotatable bonds is 3. The van der Waals surface area contributed by atoms with Gasteiger partial charge in [-0.1, -0.05) is 12.1 Å². The summed E-state index contributed by atoms with van der Waals surface area (Å²) in [7, 11) is 2.12. The Morgan fingerprint density at radius 2 is 2.12 bits per heavy atom. The second-order valence-electron chi connectivity index (χ2n) is 6.70. The van der Waals surface area contributed by atoms with Crippen LogP contribution in [0.25, 0.3) is 27.8 Å². The topological polar surface area (TPSA) is 71.3 Å². The van der Waals surface area contributed by atoms with Crippen molar-refractivity contribution < 1.29 is 4.74 Å². The minimum atomic E-state index is 0.420. The molecule has 26 heavy (non-hydrogen) atoms. The highest BCUT2D eigenvalue weighted by molar-refractivity contribution is 5.86. The lowest BCUT2D eigenvalue weighted by atomic mass is 10.1. The van der Waals surface area contributed by atoms with Crippen LogP contribution in [0.15, 0.2) is 42.7 Å². The van der Waals surface area contributed by atoms with Crippen molar-refractivity contribution in [2.45, 2.75) is 18.9 Å². The van der Waals surface area contributed by atoms with E-state index in [1.807, 2.05) is 22.8 Å². The molecule has 0 bridgehead atoms. The summed E-state index contributed by atoms with van der Waals surface area (Å²) in [6.45, 7) is 1.60. The van der Waals surface area contributed by atoms with E-state index in [-0.39, 0.29) is 0 Å². The zero-order valence-corrected chi connectivity index (χ0v) is 14.6. The molecule has 0 aliphatic carbocycles. The molecule has 1 aliphatic heterocycles. The number of nitrogens with zero attached hydrogens (tertiary/aromatic N) is 5. The maximum absolute atomic E-state index is 5.52. The number of fused-ring (bicyclic) bond motifs is 2. The zero-order valence-electron chi connectivity index (χ0n) is 14.6. The lowest BCUT2D eigenvalue weighted by Gasteiger charge is -2.32. The average Bonchev–Trinajstić information content (AvgIpc) is 3.31. The fraction of sp³-hybridized carbons (Fsp3) is 0.316. The third-order valence-electron chi connectivity index (χ3n) is 5.16. The minimum absolute atomic E-state index is 0.420. The maximum atomic E-state index is 5.52. The van der Waals surface area contributed by atoms with E-state index in [4.69, 9.17) is 9.72 Å². The predicted octanol–water partition coefficient (Wildman–Crippen LogP) is 2.89. The van der Waals surface area contributed by atoms with Gasteiger partial charge >= 0.3 is 0 Å². The highest BCUT2D eigenvalue weighted by atomic mass is 16.5. The molecule has 132 valence electrons. The molecule has 0 spiro atoms. The summed E-state index contributed by atoms with van der Waals surface area (Å²) in [4.78, 5) is 7.17. The number of ether oxygens (including phenoxy) is 1. The summed E-state index contributed by atoms with van der Waals surface area (Å²) >= 11 is 0. The summed E-state index contributed by atoms with van der Waals surface area (Å²) in [6, 6.07) is 10.6. The minimum Gasteiger partial charge on any atom is -0.381 e. The molecule has 7 nitrogen and oxygen atoms in total. The van der Waals surface area contributed by atoms with Crippen molar-refractivity contribution in [1.29, 1.82) is 0 Å². The number of hydrogen-bond acceptors (Lipinski definition) is 5. The number of anilines is 1. The van der Waals surface area contributed by atoms with Gasteiger partial charge in [0.1, 0.15) is 5.69 Å². The van der Waals surface area contributed by atoms with Crippen LogP contribution in [0, 0.1) is 0 Å². The zero-order chi connectivity index (χ0) is 17.5. The molecule has 1 saturated heterocycles. The Balaban J connectivity index is 1.69. The SMILES string of the molecule is CN(c1nc2cccnn2c1-c1ccc2cn[nH]c2c1)C1CCOCC1. The molecule has 5 rings (SSSR count). The lowest BCUT2D eigenvalue weighted by Crippen LogP contribution is -2.37. The monoisotopic (exact) mass is 348 g/mol. The molecule has 4 aromatic rings. The van der Waals surface area contributed by atoms with Crippen LogP contribution in [0.3, 0.4) is 0 Å². The Morgan fingerprint density at radius 1 is 1.23 bits per heavy atom.